The maximum Gasteiger partial charge on any atom is 0.409 e. The predicted octanol–water partition coefficient (Wildman–Crippen LogP) is 2.39. The number of hydrogen-bond acceptors (Lipinski definition) is 8. The van der Waals surface area contributed by atoms with Crippen molar-refractivity contribution >= 4 is 34.6 Å². The van der Waals surface area contributed by atoms with E-state index < -0.39 is 0 Å². The number of benzene rings is 1. The van der Waals surface area contributed by atoms with Crippen LogP contribution >= 0.6 is 0 Å². The van der Waals surface area contributed by atoms with E-state index in [2.05, 4.69) is 15.3 Å². The molecule has 10 nitrogen and oxygen atoms in total. The van der Waals surface area contributed by atoms with Gasteiger partial charge in [-0.25, -0.2) is 4.79 Å². The van der Waals surface area contributed by atoms with Crippen molar-refractivity contribution in [2.24, 2.45) is 7.05 Å². The molecule has 3 heterocycles. The molecule has 1 amide bonds. The lowest BCUT2D eigenvalue weighted by Gasteiger charge is -2.34. The lowest BCUT2D eigenvalue weighted by atomic mass is 10.3. The van der Waals surface area contributed by atoms with E-state index in [0.29, 0.717) is 44.6 Å². The summed E-state index contributed by atoms with van der Waals surface area (Å²) in [5.74, 6) is 2.07. The summed E-state index contributed by atoms with van der Waals surface area (Å²) in [5, 5.41) is 8.53. The van der Waals surface area contributed by atoms with E-state index >= 15 is 0 Å². The van der Waals surface area contributed by atoms with Crippen LogP contribution < -0.4 is 15.0 Å². The number of carbonyl (C=O) groups is 1. The molecule has 0 bridgehead atoms. The van der Waals surface area contributed by atoms with Gasteiger partial charge in [0.1, 0.15) is 11.6 Å². The molecule has 0 saturated carbocycles. The van der Waals surface area contributed by atoms with Crippen molar-refractivity contribution in [3.8, 4) is 5.75 Å². The molecule has 0 atom stereocenters. The van der Waals surface area contributed by atoms with Crippen LogP contribution in [0.15, 0.2) is 30.5 Å². The number of aromatic nitrogens is 4. The van der Waals surface area contributed by atoms with Gasteiger partial charge < -0.3 is 24.6 Å². The monoisotopic (exact) mass is 411 g/mol. The number of anilines is 3. The molecule has 1 saturated heterocycles. The number of ether oxygens (including phenoxy) is 2. The Morgan fingerprint density at radius 1 is 1.13 bits per heavy atom. The minimum atomic E-state index is -0.276. The van der Waals surface area contributed by atoms with Gasteiger partial charge >= 0.3 is 6.09 Å². The number of rotatable bonds is 5. The summed E-state index contributed by atoms with van der Waals surface area (Å²) in [5.41, 5.74) is 1.63. The molecule has 1 aliphatic rings. The molecule has 0 spiro atoms. The number of methoxy groups -OCH3 is 1. The van der Waals surface area contributed by atoms with Gasteiger partial charge in [-0.3, -0.25) is 4.68 Å². The van der Waals surface area contributed by atoms with Crippen LogP contribution in [0.4, 0.5) is 22.2 Å². The highest BCUT2D eigenvalue weighted by Crippen LogP contribution is 2.27. The fourth-order valence-corrected chi connectivity index (χ4v) is 3.36. The molecule has 158 valence electrons. The van der Waals surface area contributed by atoms with Gasteiger partial charge in [-0.1, -0.05) is 0 Å². The van der Waals surface area contributed by atoms with Crippen LogP contribution in [0.5, 0.6) is 5.75 Å². The van der Waals surface area contributed by atoms with E-state index in [0.717, 1.165) is 22.5 Å². The molecule has 30 heavy (non-hydrogen) atoms. The quantitative estimate of drug-likeness (QED) is 0.684. The second-order valence-corrected chi connectivity index (χ2v) is 6.90. The number of amides is 1. The molecular weight excluding hydrogens is 386 g/mol. The fraction of sp³-hybridized carbons (Fsp3) is 0.400. The molecule has 1 N–H and O–H groups in total. The van der Waals surface area contributed by atoms with Gasteiger partial charge in [-0.15, -0.1) is 0 Å². The van der Waals surface area contributed by atoms with Crippen molar-refractivity contribution in [1.29, 1.82) is 0 Å². The van der Waals surface area contributed by atoms with Crippen molar-refractivity contribution in [2.75, 3.05) is 50.1 Å². The lowest BCUT2D eigenvalue weighted by Crippen LogP contribution is -2.49. The molecule has 1 aliphatic heterocycles. The van der Waals surface area contributed by atoms with Crippen LogP contribution in [0, 0.1) is 0 Å². The van der Waals surface area contributed by atoms with Gasteiger partial charge in [0.2, 0.25) is 5.95 Å². The molecule has 10 heteroatoms. The number of hydrogen-bond donors (Lipinski definition) is 1. The van der Waals surface area contributed by atoms with Crippen molar-refractivity contribution in [3.05, 3.63) is 30.5 Å². The zero-order chi connectivity index (χ0) is 21.1. The maximum absolute atomic E-state index is 12.0. The summed E-state index contributed by atoms with van der Waals surface area (Å²) >= 11 is 0. The summed E-state index contributed by atoms with van der Waals surface area (Å²) in [6.45, 7) is 4.57. The van der Waals surface area contributed by atoms with Gasteiger partial charge in [0.05, 0.1) is 25.3 Å². The largest absolute Gasteiger partial charge is 0.497 e. The predicted molar refractivity (Wildman–Crippen MR) is 113 cm³/mol. The van der Waals surface area contributed by atoms with Crippen LogP contribution in [-0.4, -0.2) is 70.6 Å². The standard InChI is InChI=1S/C20H25N7O3/c1-4-30-20(28)27-11-9-26(10-12-27)19-23-17(16-13-21-25(2)18(16)24-19)22-14-5-7-15(29-3)8-6-14/h5-8,13H,4,9-12H2,1-3H3,(H,22,23,24). The Balaban J connectivity index is 1.58. The molecule has 3 aromatic rings. The van der Waals surface area contributed by atoms with E-state index in [9.17, 15) is 4.79 Å². The Bertz CT molecular complexity index is 1030. The molecule has 0 aliphatic carbocycles. The molecule has 1 fully saturated rings. The SMILES string of the molecule is CCOC(=O)N1CCN(c2nc(Nc3ccc(OC)cc3)c3cnn(C)c3n2)CC1. The van der Waals surface area contributed by atoms with Gasteiger partial charge in [-0.05, 0) is 31.2 Å². The highest BCUT2D eigenvalue weighted by molar-refractivity contribution is 5.89. The van der Waals surface area contributed by atoms with Gasteiger partial charge in [0, 0.05) is 38.9 Å². The van der Waals surface area contributed by atoms with E-state index in [1.165, 1.54) is 0 Å². The summed E-state index contributed by atoms with van der Waals surface area (Å²) in [4.78, 5) is 25.2. The Hall–Kier alpha value is -3.56. The van der Waals surface area contributed by atoms with Crippen LogP contribution in [0.1, 0.15) is 6.92 Å². The number of carbonyl (C=O) groups excluding carboxylic acids is 1. The topological polar surface area (TPSA) is 97.6 Å². The van der Waals surface area contributed by atoms with Crippen molar-refractivity contribution < 1.29 is 14.3 Å². The second kappa shape index (κ2) is 8.44. The van der Waals surface area contributed by atoms with Crippen LogP contribution in [0.3, 0.4) is 0 Å². The van der Waals surface area contributed by atoms with E-state index in [-0.39, 0.29) is 6.09 Å². The third-order valence-corrected chi connectivity index (χ3v) is 5.02. The van der Waals surface area contributed by atoms with Crippen LogP contribution in [-0.2, 0) is 11.8 Å². The molecular formula is C20H25N7O3. The first-order chi connectivity index (χ1) is 14.6. The highest BCUT2D eigenvalue weighted by Gasteiger charge is 2.24. The molecule has 0 unspecified atom stereocenters. The number of nitrogens with zero attached hydrogens (tertiary/aromatic N) is 6. The second-order valence-electron chi connectivity index (χ2n) is 6.90. The Morgan fingerprint density at radius 3 is 2.53 bits per heavy atom. The van der Waals surface area contributed by atoms with Gasteiger partial charge in [-0.2, -0.15) is 15.1 Å². The Kier molecular flexibility index (Phi) is 5.55. The van der Waals surface area contributed by atoms with Crippen molar-refractivity contribution in [3.63, 3.8) is 0 Å². The number of nitrogens with one attached hydrogen (secondary N) is 1. The fourth-order valence-electron chi connectivity index (χ4n) is 3.36. The lowest BCUT2D eigenvalue weighted by molar-refractivity contribution is 0.105. The van der Waals surface area contributed by atoms with Crippen LogP contribution in [0.25, 0.3) is 11.0 Å². The van der Waals surface area contributed by atoms with Crippen molar-refractivity contribution in [1.82, 2.24) is 24.6 Å². The summed E-state index contributed by atoms with van der Waals surface area (Å²) in [7, 11) is 3.50. The number of piperazine rings is 1. The summed E-state index contributed by atoms with van der Waals surface area (Å²) in [6.07, 6.45) is 1.48. The first-order valence-electron chi connectivity index (χ1n) is 9.86. The average molecular weight is 411 g/mol. The normalized spacial score (nSPS) is 14.1. The van der Waals surface area contributed by atoms with Gasteiger partial charge in [0.15, 0.2) is 5.65 Å². The van der Waals surface area contributed by atoms with Gasteiger partial charge in [0.25, 0.3) is 0 Å². The van der Waals surface area contributed by atoms with E-state index in [1.54, 1.807) is 22.9 Å². The molecule has 4 rings (SSSR count). The minimum absolute atomic E-state index is 0.276. The minimum Gasteiger partial charge on any atom is -0.497 e. The first-order valence-corrected chi connectivity index (χ1v) is 9.86. The maximum atomic E-state index is 12.0. The van der Waals surface area contributed by atoms with E-state index in [1.807, 2.05) is 38.2 Å². The Morgan fingerprint density at radius 2 is 1.87 bits per heavy atom. The van der Waals surface area contributed by atoms with Crippen molar-refractivity contribution in [2.45, 2.75) is 6.92 Å². The first kappa shape index (κ1) is 19.7. The zero-order valence-electron chi connectivity index (χ0n) is 17.3. The smallest absolute Gasteiger partial charge is 0.409 e. The van der Waals surface area contributed by atoms with E-state index in [4.69, 9.17) is 19.4 Å². The summed E-state index contributed by atoms with van der Waals surface area (Å²) in [6, 6.07) is 7.64. The number of fused-ring (bicyclic) bond motifs is 1. The Labute approximate surface area is 174 Å². The third-order valence-electron chi connectivity index (χ3n) is 5.02. The molecule has 2 aromatic heterocycles. The highest BCUT2D eigenvalue weighted by atomic mass is 16.6. The zero-order valence-corrected chi connectivity index (χ0v) is 17.3. The average Bonchev–Trinajstić information content (AvgIpc) is 3.15. The summed E-state index contributed by atoms with van der Waals surface area (Å²) < 4.78 is 12.0. The molecule has 0 radical (unpaired) electrons. The van der Waals surface area contributed by atoms with Crippen LogP contribution in [0.2, 0.25) is 0 Å². The third kappa shape index (κ3) is 3.93. The number of aryl methyl sites for hydroxylation is 1. The molecule has 1 aromatic carbocycles.